The fraction of sp³-hybridized carbons (Fsp3) is 0.531. The second kappa shape index (κ2) is 16.4. The standard InChI is InChI=1S/C49H59N3O8S/c1-29-7-8-33-24-38-14-16-40(33)42(29)27-44(61(56,57)58)43-26-35-22-34(25-39-21-30(28-53)5-4-6-32-23-37(54)13-15-41(32)46(35)59-39)45(43)31-9-11-36(12-10-31)49(60-38,52-47(50)51)20-19-48(55)17-2-3-18-48/h9-16,23-24,26,29-30,34,39,42-46,53-55H,2-3,5,7-8,17-22,25,27-28H2,1H3,(H4,50,51,52)(H,56,57,58). The number of rotatable bonds is 6. The summed E-state index contributed by atoms with van der Waals surface area (Å²) in [4.78, 5) is 4.84. The molecule has 61 heavy (non-hydrogen) atoms. The van der Waals surface area contributed by atoms with Crippen molar-refractivity contribution < 1.29 is 37.8 Å². The summed E-state index contributed by atoms with van der Waals surface area (Å²) in [5.41, 5.74) is 16.3. The van der Waals surface area contributed by atoms with E-state index in [4.69, 9.17) is 25.9 Å². The van der Waals surface area contributed by atoms with E-state index >= 15 is 0 Å². The van der Waals surface area contributed by atoms with Gasteiger partial charge in [0.05, 0.1) is 17.0 Å². The molecule has 5 heterocycles. The van der Waals surface area contributed by atoms with Gasteiger partial charge in [0.1, 0.15) is 17.6 Å². The van der Waals surface area contributed by atoms with Crippen LogP contribution in [0.5, 0.6) is 11.5 Å². The zero-order valence-electron chi connectivity index (χ0n) is 34.9. The molecule has 1 saturated heterocycles. The van der Waals surface area contributed by atoms with E-state index in [0.29, 0.717) is 68.2 Å². The number of phenolic OH excluding ortho intramolecular Hbond substituents is 1. The first kappa shape index (κ1) is 41.9. The molecular formula is C49H59N3O8S. The molecule has 0 spiro atoms. The first-order chi connectivity index (χ1) is 29.2. The predicted octanol–water partition coefficient (Wildman–Crippen LogP) is 7.24. The maximum Gasteiger partial charge on any atom is 0.268 e. The SMILES string of the molecule is CC1CCc2cc3ccc2C1CC(S(=O)(=O)O)C1C=C2CC(CC4CC(CO)CC#Cc5cc(O)ccc5C2O4)C1c1ccc(cc1)C(CCC1(O)CCCC1)(N=C(N)N)O3. The Morgan fingerprint density at radius 1 is 0.984 bits per heavy atom. The number of nitrogens with zero attached hydrogens (tertiary/aromatic N) is 1. The van der Waals surface area contributed by atoms with Crippen molar-refractivity contribution in [3.8, 4) is 23.3 Å². The molecule has 3 aromatic carbocycles. The van der Waals surface area contributed by atoms with Gasteiger partial charge in [0.2, 0.25) is 5.72 Å². The van der Waals surface area contributed by atoms with Gasteiger partial charge in [-0.3, -0.25) is 4.55 Å². The molecule has 3 aromatic rings. The van der Waals surface area contributed by atoms with Crippen LogP contribution in [-0.2, 0) is 27.0 Å². The number of aliphatic hydroxyl groups excluding tert-OH is 1. The molecular weight excluding hydrogens is 791 g/mol. The Balaban J connectivity index is 1.25. The molecule has 0 amide bonds. The molecule has 3 aliphatic carbocycles. The summed E-state index contributed by atoms with van der Waals surface area (Å²) in [6, 6.07) is 19.1. The van der Waals surface area contributed by atoms with Crippen LogP contribution in [0.1, 0.15) is 135 Å². The third-order valence-electron chi connectivity index (χ3n) is 15.0. The van der Waals surface area contributed by atoms with Crippen LogP contribution in [0.3, 0.4) is 0 Å². The van der Waals surface area contributed by atoms with Crippen LogP contribution in [0.2, 0.25) is 0 Å². The average molecular weight is 850 g/mol. The molecule has 10 bridgehead atoms. The molecule has 1 saturated carbocycles. The van der Waals surface area contributed by atoms with Gasteiger partial charge in [-0.1, -0.05) is 74.1 Å². The first-order valence-corrected chi connectivity index (χ1v) is 23.7. The van der Waals surface area contributed by atoms with Gasteiger partial charge >= 0.3 is 0 Å². The van der Waals surface area contributed by atoms with E-state index in [1.54, 1.807) is 12.1 Å². The van der Waals surface area contributed by atoms with Crippen molar-refractivity contribution in [1.29, 1.82) is 0 Å². The van der Waals surface area contributed by atoms with E-state index in [-0.39, 0.29) is 60.4 Å². The summed E-state index contributed by atoms with van der Waals surface area (Å²) in [6.45, 7) is 2.11. The topological polar surface area (TPSA) is 198 Å². The fourth-order valence-electron chi connectivity index (χ4n) is 11.9. The van der Waals surface area contributed by atoms with Crippen LogP contribution in [0.4, 0.5) is 0 Å². The minimum absolute atomic E-state index is 0.0583. The molecule has 12 heteroatoms. The van der Waals surface area contributed by atoms with E-state index < -0.39 is 38.7 Å². The normalized spacial score (nSPS) is 32.6. The Bertz CT molecular complexity index is 2380. The monoisotopic (exact) mass is 849 g/mol. The molecule has 8 N–H and O–H groups in total. The van der Waals surface area contributed by atoms with Gasteiger partial charge in [0.25, 0.3) is 10.1 Å². The Morgan fingerprint density at radius 2 is 1.75 bits per heavy atom. The molecule has 10 atom stereocenters. The lowest BCUT2D eigenvalue weighted by molar-refractivity contribution is -0.0131. The largest absolute Gasteiger partial charge is 0.508 e. The first-order valence-electron chi connectivity index (χ1n) is 22.2. The van der Waals surface area contributed by atoms with E-state index in [2.05, 4.69) is 24.8 Å². The van der Waals surface area contributed by atoms with Crippen molar-refractivity contribution in [2.75, 3.05) is 6.61 Å². The number of hydrogen-bond acceptors (Lipinski definition) is 8. The summed E-state index contributed by atoms with van der Waals surface area (Å²) in [7, 11) is -4.63. The molecule has 8 aliphatic rings. The van der Waals surface area contributed by atoms with E-state index in [9.17, 15) is 28.3 Å². The minimum Gasteiger partial charge on any atom is -0.508 e. The number of nitrogens with two attached hydrogens (primary N) is 2. The number of ether oxygens (including phenoxy) is 2. The average Bonchev–Trinajstić information content (AvgIpc) is 3.61. The lowest BCUT2D eigenvalue weighted by Crippen LogP contribution is -2.40. The summed E-state index contributed by atoms with van der Waals surface area (Å²) in [6.07, 6.45) is 9.32. The summed E-state index contributed by atoms with van der Waals surface area (Å²) in [5.74, 6) is 5.77. The van der Waals surface area contributed by atoms with Gasteiger partial charge in [-0.15, -0.1) is 0 Å². The smallest absolute Gasteiger partial charge is 0.268 e. The summed E-state index contributed by atoms with van der Waals surface area (Å²) >= 11 is 0. The number of guanidine groups is 1. The van der Waals surface area contributed by atoms with Crippen molar-refractivity contribution in [2.45, 2.75) is 131 Å². The lowest BCUT2D eigenvalue weighted by atomic mass is 9.64. The highest BCUT2D eigenvalue weighted by atomic mass is 32.2. The molecule has 324 valence electrons. The molecule has 11 nitrogen and oxygen atoms in total. The Labute approximate surface area is 359 Å². The van der Waals surface area contributed by atoms with Crippen LogP contribution in [0.15, 0.2) is 77.3 Å². The highest BCUT2D eigenvalue weighted by Gasteiger charge is 2.49. The number of aliphatic imine (C=N–C) groups is 1. The second-order valence-corrected chi connectivity index (χ2v) is 20.6. The van der Waals surface area contributed by atoms with Crippen molar-refractivity contribution in [3.63, 3.8) is 0 Å². The van der Waals surface area contributed by atoms with Crippen LogP contribution >= 0.6 is 0 Å². The van der Waals surface area contributed by atoms with Crippen molar-refractivity contribution in [1.82, 2.24) is 0 Å². The number of aryl methyl sites for hydroxylation is 1. The Hall–Kier alpha value is -4.38. The zero-order valence-corrected chi connectivity index (χ0v) is 35.7. The number of aromatic hydroxyl groups is 1. The molecule has 0 aromatic heterocycles. The molecule has 0 radical (unpaired) electrons. The number of hydrogen-bond donors (Lipinski definition) is 6. The van der Waals surface area contributed by atoms with Crippen LogP contribution in [0.25, 0.3) is 0 Å². The number of fused-ring (bicyclic) bond motifs is 9. The van der Waals surface area contributed by atoms with Crippen molar-refractivity contribution in [2.24, 2.45) is 40.1 Å². The van der Waals surface area contributed by atoms with Crippen LogP contribution in [-0.4, -0.2) is 57.8 Å². The number of aliphatic hydroxyl groups is 2. The lowest BCUT2D eigenvalue weighted by Gasteiger charge is -2.42. The number of allylic oxidation sites excluding steroid dienone is 1. The van der Waals surface area contributed by atoms with Crippen LogP contribution < -0.4 is 16.2 Å². The van der Waals surface area contributed by atoms with E-state index in [1.165, 1.54) is 0 Å². The molecule has 2 fully saturated rings. The van der Waals surface area contributed by atoms with Gasteiger partial charge in [-0.05, 0) is 134 Å². The second-order valence-electron chi connectivity index (χ2n) is 19.0. The van der Waals surface area contributed by atoms with Gasteiger partial charge in [0.15, 0.2) is 5.96 Å². The Kier molecular flexibility index (Phi) is 11.3. The van der Waals surface area contributed by atoms with Crippen molar-refractivity contribution in [3.05, 3.63) is 106 Å². The summed E-state index contributed by atoms with van der Waals surface area (Å²) in [5, 5.41) is 31.5. The number of benzene rings is 3. The zero-order chi connectivity index (χ0) is 42.7. The van der Waals surface area contributed by atoms with Crippen molar-refractivity contribution >= 4 is 16.1 Å². The molecule has 10 unspecified atom stereocenters. The molecule has 11 rings (SSSR count). The fourth-order valence-corrected chi connectivity index (χ4v) is 13.0. The number of phenols is 1. The minimum atomic E-state index is -4.63. The third-order valence-corrected chi connectivity index (χ3v) is 16.3. The van der Waals surface area contributed by atoms with Gasteiger partial charge < -0.3 is 36.3 Å². The van der Waals surface area contributed by atoms with Gasteiger partial charge in [-0.25, -0.2) is 4.99 Å². The van der Waals surface area contributed by atoms with E-state index in [0.717, 1.165) is 53.5 Å². The molecule has 5 aliphatic heterocycles. The maximum absolute atomic E-state index is 14.1. The third kappa shape index (κ3) is 8.32. The highest BCUT2D eigenvalue weighted by Crippen LogP contribution is 2.55. The Morgan fingerprint density at radius 3 is 2.49 bits per heavy atom. The van der Waals surface area contributed by atoms with Crippen LogP contribution in [0, 0.1) is 35.5 Å². The summed E-state index contributed by atoms with van der Waals surface area (Å²) < 4.78 is 53.8. The predicted molar refractivity (Wildman–Crippen MR) is 233 cm³/mol. The maximum atomic E-state index is 14.1. The van der Waals surface area contributed by atoms with E-state index in [1.807, 2.05) is 48.5 Å². The van der Waals surface area contributed by atoms with Gasteiger partial charge in [0, 0.05) is 42.1 Å². The van der Waals surface area contributed by atoms with Gasteiger partial charge in [-0.2, -0.15) is 8.42 Å². The quantitative estimate of drug-likeness (QED) is 0.0484. The highest BCUT2D eigenvalue weighted by molar-refractivity contribution is 7.86.